The zero-order chi connectivity index (χ0) is 12.8. The van der Waals surface area contributed by atoms with Crippen molar-refractivity contribution in [3.05, 3.63) is 35.4 Å². The van der Waals surface area contributed by atoms with Gasteiger partial charge in [-0.15, -0.1) is 0 Å². The van der Waals surface area contributed by atoms with Crippen LogP contribution in [-0.4, -0.2) is 10.7 Å². The number of hydrogen-bond donors (Lipinski definition) is 1. The second-order valence-corrected chi connectivity index (χ2v) is 6.97. The van der Waals surface area contributed by atoms with Crippen LogP contribution < -0.4 is 0 Å². The van der Waals surface area contributed by atoms with Gasteiger partial charge in [-0.2, -0.15) is 0 Å². The van der Waals surface area contributed by atoms with Crippen molar-refractivity contribution in [3.8, 4) is 0 Å². The van der Waals surface area contributed by atoms with E-state index in [-0.39, 0.29) is 5.41 Å². The largest absolute Gasteiger partial charge is 0.390 e. The molecule has 1 fully saturated rings. The lowest BCUT2D eigenvalue weighted by atomic mass is 9.86. The first-order valence-electron chi connectivity index (χ1n) is 6.52. The molecule has 1 aromatic rings. The molecule has 0 spiro atoms. The lowest BCUT2D eigenvalue weighted by Crippen LogP contribution is -2.22. The highest BCUT2D eigenvalue weighted by Crippen LogP contribution is 2.53. The van der Waals surface area contributed by atoms with Crippen LogP contribution in [0.4, 0.5) is 0 Å². The van der Waals surface area contributed by atoms with Gasteiger partial charge in [-0.3, -0.25) is 0 Å². The van der Waals surface area contributed by atoms with E-state index in [9.17, 15) is 5.11 Å². The van der Waals surface area contributed by atoms with Crippen LogP contribution in [0.1, 0.15) is 58.1 Å². The van der Waals surface area contributed by atoms with Crippen molar-refractivity contribution in [1.29, 1.82) is 0 Å². The van der Waals surface area contributed by atoms with Crippen LogP contribution in [0.25, 0.3) is 0 Å². The molecule has 1 N–H and O–H groups in total. The zero-order valence-electron chi connectivity index (χ0n) is 11.6. The molecule has 2 rings (SSSR count). The average Bonchev–Trinajstić information content (AvgIpc) is 2.95. The molecular formula is C16H24O. The van der Waals surface area contributed by atoms with E-state index in [1.54, 1.807) is 0 Å². The predicted octanol–water partition coefficient (Wildman–Crippen LogP) is 3.86. The first-order valence-corrected chi connectivity index (χ1v) is 6.52. The first kappa shape index (κ1) is 12.6. The summed E-state index contributed by atoms with van der Waals surface area (Å²) < 4.78 is 0. The van der Waals surface area contributed by atoms with Crippen molar-refractivity contribution in [1.82, 2.24) is 0 Å². The van der Waals surface area contributed by atoms with E-state index < -0.39 is 5.60 Å². The minimum absolute atomic E-state index is 0.220. The molecule has 1 nitrogen and oxygen atoms in total. The molecule has 0 saturated heterocycles. The van der Waals surface area contributed by atoms with E-state index in [1.807, 2.05) is 13.8 Å². The first-order chi connectivity index (χ1) is 7.69. The fourth-order valence-electron chi connectivity index (χ4n) is 2.57. The van der Waals surface area contributed by atoms with Gasteiger partial charge in [0.1, 0.15) is 0 Å². The smallest absolute Gasteiger partial charge is 0.0625 e. The van der Waals surface area contributed by atoms with Gasteiger partial charge in [0.05, 0.1) is 5.60 Å². The Balaban J connectivity index is 2.11. The van der Waals surface area contributed by atoms with Crippen LogP contribution in [0.5, 0.6) is 0 Å². The SMILES string of the molecule is CC(C)(C)c1ccc([C@@H]2C[C@H]2C(C)(C)O)cc1. The van der Waals surface area contributed by atoms with Crippen LogP contribution in [0, 0.1) is 5.92 Å². The fourth-order valence-corrected chi connectivity index (χ4v) is 2.57. The molecule has 1 saturated carbocycles. The Hall–Kier alpha value is -0.820. The van der Waals surface area contributed by atoms with E-state index >= 15 is 0 Å². The Morgan fingerprint density at radius 2 is 1.53 bits per heavy atom. The molecular weight excluding hydrogens is 208 g/mol. The quantitative estimate of drug-likeness (QED) is 0.821. The van der Waals surface area contributed by atoms with Gasteiger partial charge >= 0.3 is 0 Å². The minimum atomic E-state index is -0.534. The molecule has 2 atom stereocenters. The Kier molecular flexibility index (Phi) is 2.86. The second kappa shape index (κ2) is 3.84. The van der Waals surface area contributed by atoms with Gasteiger partial charge in [0.2, 0.25) is 0 Å². The van der Waals surface area contributed by atoms with E-state index in [1.165, 1.54) is 11.1 Å². The third-order valence-electron chi connectivity index (χ3n) is 3.90. The number of benzene rings is 1. The van der Waals surface area contributed by atoms with E-state index in [2.05, 4.69) is 45.0 Å². The predicted molar refractivity (Wildman–Crippen MR) is 72.3 cm³/mol. The summed E-state index contributed by atoms with van der Waals surface area (Å²) in [5.74, 6) is 0.993. The van der Waals surface area contributed by atoms with Crippen molar-refractivity contribution in [2.75, 3.05) is 0 Å². The van der Waals surface area contributed by atoms with Gasteiger partial charge in [0.15, 0.2) is 0 Å². The van der Waals surface area contributed by atoms with Crippen molar-refractivity contribution in [3.63, 3.8) is 0 Å². The number of aliphatic hydroxyl groups is 1. The third-order valence-corrected chi connectivity index (χ3v) is 3.90. The van der Waals surface area contributed by atoms with Crippen molar-refractivity contribution >= 4 is 0 Å². The van der Waals surface area contributed by atoms with Gasteiger partial charge in [0, 0.05) is 0 Å². The molecule has 1 aliphatic rings. The second-order valence-electron chi connectivity index (χ2n) is 6.97. The summed E-state index contributed by atoms with van der Waals surface area (Å²) in [6.07, 6.45) is 1.12. The molecule has 17 heavy (non-hydrogen) atoms. The monoisotopic (exact) mass is 232 g/mol. The normalized spacial score (nSPS) is 24.8. The number of rotatable bonds is 2. The molecule has 0 radical (unpaired) electrons. The highest BCUT2D eigenvalue weighted by atomic mass is 16.3. The molecule has 0 aromatic heterocycles. The minimum Gasteiger partial charge on any atom is -0.390 e. The topological polar surface area (TPSA) is 20.2 Å². The maximum Gasteiger partial charge on any atom is 0.0625 e. The Morgan fingerprint density at radius 3 is 1.88 bits per heavy atom. The maximum absolute atomic E-state index is 9.97. The van der Waals surface area contributed by atoms with Crippen LogP contribution >= 0.6 is 0 Å². The molecule has 0 bridgehead atoms. The van der Waals surface area contributed by atoms with Crippen LogP contribution in [0.15, 0.2) is 24.3 Å². The van der Waals surface area contributed by atoms with Gasteiger partial charge in [0.25, 0.3) is 0 Å². The highest BCUT2D eigenvalue weighted by Gasteiger charge is 2.47. The summed E-state index contributed by atoms with van der Waals surface area (Å²) in [5.41, 5.74) is 2.44. The van der Waals surface area contributed by atoms with Crippen LogP contribution in [0.3, 0.4) is 0 Å². The fraction of sp³-hybridized carbons (Fsp3) is 0.625. The molecule has 0 unspecified atom stereocenters. The molecule has 0 heterocycles. The molecule has 1 aliphatic carbocycles. The standard InChI is InChI=1S/C16H24O/c1-15(2,3)12-8-6-11(7-9-12)13-10-14(13)16(4,5)17/h6-9,13-14,17H,10H2,1-5H3/t13-,14+/m0/s1. The van der Waals surface area contributed by atoms with E-state index in [4.69, 9.17) is 0 Å². The Bertz CT molecular complexity index is 389. The van der Waals surface area contributed by atoms with E-state index in [0.29, 0.717) is 11.8 Å². The third kappa shape index (κ3) is 2.71. The van der Waals surface area contributed by atoms with Crippen molar-refractivity contribution < 1.29 is 5.11 Å². The summed E-state index contributed by atoms with van der Waals surface area (Å²) in [6.45, 7) is 10.5. The van der Waals surface area contributed by atoms with Gasteiger partial charge in [-0.1, -0.05) is 45.0 Å². The molecule has 0 amide bonds. The molecule has 1 heteroatoms. The summed E-state index contributed by atoms with van der Waals surface area (Å²) in [7, 11) is 0. The van der Waals surface area contributed by atoms with Gasteiger partial charge in [-0.25, -0.2) is 0 Å². The Labute approximate surface area is 105 Å². The molecule has 1 aromatic carbocycles. The average molecular weight is 232 g/mol. The van der Waals surface area contributed by atoms with E-state index in [0.717, 1.165) is 6.42 Å². The summed E-state index contributed by atoms with van der Waals surface area (Å²) in [6, 6.07) is 8.93. The molecule has 94 valence electrons. The van der Waals surface area contributed by atoms with Gasteiger partial charge in [-0.05, 0) is 48.6 Å². The molecule has 0 aliphatic heterocycles. The van der Waals surface area contributed by atoms with Crippen molar-refractivity contribution in [2.45, 2.75) is 58.0 Å². The lowest BCUT2D eigenvalue weighted by Gasteiger charge is -2.20. The lowest BCUT2D eigenvalue weighted by molar-refractivity contribution is 0.0546. The summed E-state index contributed by atoms with van der Waals surface area (Å²) in [5, 5.41) is 9.97. The van der Waals surface area contributed by atoms with Crippen LogP contribution in [-0.2, 0) is 5.41 Å². The van der Waals surface area contributed by atoms with Crippen molar-refractivity contribution in [2.24, 2.45) is 5.92 Å². The van der Waals surface area contributed by atoms with Crippen LogP contribution in [0.2, 0.25) is 0 Å². The number of hydrogen-bond acceptors (Lipinski definition) is 1. The summed E-state index contributed by atoms with van der Waals surface area (Å²) in [4.78, 5) is 0. The maximum atomic E-state index is 9.97. The van der Waals surface area contributed by atoms with Gasteiger partial charge < -0.3 is 5.11 Å². The summed E-state index contributed by atoms with van der Waals surface area (Å²) >= 11 is 0. The zero-order valence-corrected chi connectivity index (χ0v) is 11.6. The highest BCUT2D eigenvalue weighted by molar-refractivity contribution is 5.33. The Morgan fingerprint density at radius 1 is 1.00 bits per heavy atom.